The molecule has 0 fully saturated rings. The summed E-state index contributed by atoms with van der Waals surface area (Å²) in [6, 6.07) is 9.48. The molecule has 0 saturated heterocycles. The summed E-state index contributed by atoms with van der Waals surface area (Å²) in [5.74, 6) is 0. The van der Waals surface area contributed by atoms with Gasteiger partial charge in [0.05, 0.1) is 31.9 Å². The highest BCUT2D eigenvalue weighted by Gasteiger charge is 2.10. The molecule has 0 radical (unpaired) electrons. The molecule has 26 heavy (non-hydrogen) atoms. The van der Waals surface area contributed by atoms with E-state index >= 15 is 0 Å². The summed E-state index contributed by atoms with van der Waals surface area (Å²) in [4.78, 5) is 14.8. The molecule has 1 aromatic heterocycles. The number of hydrazone groups is 1. The molecule has 0 saturated carbocycles. The number of thiazole rings is 1. The number of nitro benzene ring substituents is 1. The Balaban J connectivity index is 1.77. The number of hydrogen-bond donors (Lipinski definition) is 1. The third kappa shape index (κ3) is 4.13. The van der Waals surface area contributed by atoms with Crippen LogP contribution in [0.15, 0.2) is 46.9 Å². The van der Waals surface area contributed by atoms with Gasteiger partial charge in [-0.25, -0.2) is 4.98 Å². The van der Waals surface area contributed by atoms with E-state index in [0.29, 0.717) is 37.0 Å². The van der Waals surface area contributed by atoms with E-state index in [9.17, 15) is 10.1 Å². The third-order valence-corrected chi connectivity index (χ3v) is 5.19. The van der Waals surface area contributed by atoms with Gasteiger partial charge in [-0.15, -0.1) is 11.3 Å². The molecule has 1 N–H and O–H groups in total. The summed E-state index contributed by atoms with van der Waals surface area (Å²) in [5.41, 5.74) is 4.53. The first-order valence-corrected chi connectivity index (χ1v) is 9.10. The van der Waals surface area contributed by atoms with Crippen molar-refractivity contribution >= 4 is 63.2 Å². The molecule has 0 bridgehead atoms. The lowest BCUT2D eigenvalue weighted by atomic mass is 10.1. The quantitative estimate of drug-likeness (QED) is 0.230. The lowest BCUT2D eigenvalue weighted by Gasteiger charge is -2.03. The van der Waals surface area contributed by atoms with Gasteiger partial charge in [0, 0.05) is 28.6 Å². The largest absolute Gasteiger partial charge is 0.270 e. The van der Waals surface area contributed by atoms with Gasteiger partial charge in [-0.3, -0.25) is 15.5 Å². The number of benzene rings is 2. The van der Waals surface area contributed by atoms with Crippen LogP contribution >= 0.6 is 46.1 Å². The number of non-ortho nitro benzene ring substituents is 1. The van der Waals surface area contributed by atoms with Crippen molar-refractivity contribution in [2.24, 2.45) is 5.10 Å². The van der Waals surface area contributed by atoms with Crippen molar-refractivity contribution < 1.29 is 4.92 Å². The minimum Gasteiger partial charge on any atom is -0.258 e. The predicted molar refractivity (Wildman–Crippen MR) is 107 cm³/mol. The number of hydrogen-bond acceptors (Lipinski definition) is 6. The molecular formula is C16H9Cl3N4O2S. The molecule has 6 nitrogen and oxygen atoms in total. The van der Waals surface area contributed by atoms with Gasteiger partial charge in [0.1, 0.15) is 0 Å². The minimum absolute atomic E-state index is 0.00766. The smallest absolute Gasteiger partial charge is 0.258 e. The van der Waals surface area contributed by atoms with E-state index in [2.05, 4.69) is 15.5 Å². The van der Waals surface area contributed by atoms with Crippen LogP contribution in [0.2, 0.25) is 15.1 Å². The van der Waals surface area contributed by atoms with Gasteiger partial charge in [-0.1, -0.05) is 46.9 Å². The van der Waals surface area contributed by atoms with Gasteiger partial charge in [-0.2, -0.15) is 5.10 Å². The lowest BCUT2D eigenvalue weighted by molar-refractivity contribution is -0.384. The molecule has 1 heterocycles. The Morgan fingerprint density at radius 1 is 1.19 bits per heavy atom. The van der Waals surface area contributed by atoms with Gasteiger partial charge in [0.25, 0.3) is 5.69 Å². The molecule has 0 aliphatic heterocycles. The predicted octanol–water partition coefficient (Wildman–Crippen LogP) is 6.12. The van der Waals surface area contributed by atoms with Crippen LogP contribution in [0, 0.1) is 10.1 Å². The van der Waals surface area contributed by atoms with Crippen molar-refractivity contribution in [3.63, 3.8) is 0 Å². The summed E-state index contributed by atoms with van der Waals surface area (Å²) in [5, 5.41) is 18.3. The van der Waals surface area contributed by atoms with Crippen molar-refractivity contribution in [3.05, 3.63) is 72.5 Å². The number of rotatable bonds is 5. The van der Waals surface area contributed by atoms with Crippen molar-refractivity contribution in [1.29, 1.82) is 0 Å². The zero-order valence-electron chi connectivity index (χ0n) is 12.8. The number of nitro groups is 1. The fourth-order valence-electron chi connectivity index (χ4n) is 2.05. The Hall–Kier alpha value is -2.19. The number of nitrogens with zero attached hydrogens (tertiary/aromatic N) is 3. The van der Waals surface area contributed by atoms with Crippen LogP contribution in [-0.2, 0) is 0 Å². The van der Waals surface area contributed by atoms with Crippen LogP contribution in [0.3, 0.4) is 0 Å². The zero-order valence-corrected chi connectivity index (χ0v) is 15.9. The lowest BCUT2D eigenvalue weighted by Crippen LogP contribution is -1.92. The molecule has 10 heteroatoms. The van der Waals surface area contributed by atoms with Crippen LogP contribution in [-0.4, -0.2) is 16.1 Å². The second-order valence-corrected chi connectivity index (χ2v) is 7.02. The van der Waals surface area contributed by atoms with Crippen LogP contribution < -0.4 is 5.43 Å². The second kappa shape index (κ2) is 8.01. The first-order chi connectivity index (χ1) is 12.5. The Morgan fingerprint density at radius 2 is 1.96 bits per heavy atom. The van der Waals surface area contributed by atoms with Crippen LogP contribution in [0.1, 0.15) is 5.56 Å². The SMILES string of the molecule is O=[N+]([O-])c1cccc(-c2csc(NN=Cc3c(Cl)ccc(Cl)c3Cl)n2)c1. The first-order valence-electron chi connectivity index (χ1n) is 7.08. The fourth-order valence-corrected chi connectivity index (χ4v) is 3.35. The molecule has 2 aromatic carbocycles. The van der Waals surface area contributed by atoms with E-state index < -0.39 is 4.92 Å². The van der Waals surface area contributed by atoms with Crippen LogP contribution in [0.4, 0.5) is 10.8 Å². The Bertz CT molecular complexity index is 1010. The highest BCUT2D eigenvalue weighted by Crippen LogP contribution is 2.30. The standard InChI is InChI=1S/C16H9Cl3N4O2S/c17-12-4-5-13(18)15(19)11(12)7-20-22-16-21-14(8-26-16)9-2-1-3-10(6-9)23(24)25/h1-8H,(H,21,22). The van der Waals surface area contributed by atoms with E-state index in [4.69, 9.17) is 34.8 Å². The van der Waals surface area contributed by atoms with Gasteiger partial charge in [0.15, 0.2) is 0 Å². The van der Waals surface area contributed by atoms with Gasteiger partial charge >= 0.3 is 0 Å². The summed E-state index contributed by atoms with van der Waals surface area (Å²) in [7, 11) is 0. The molecular weight excluding hydrogens is 419 g/mol. The maximum absolute atomic E-state index is 10.9. The summed E-state index contributed by atoms with van der Waals surface area (Å²) >= 11 is 19.4. The molecule has 3 rings (SSSR count). The number of nitrogens with one attached hydrogen (secondary N) is 1. The van der Waals surface area contributed by atoms with Crippen molar-refractivity contribution in [2.75, 3.05) is 5.43 Å². The summed E-state index contributed by atoms with van der Waals surface area (Å²) in [6.45, 7) is 0. The Kier molecular flexibility index (Phi) is 5.73. The minimum atomic E-state index is -0.447. The summed E-state index contributed by atoms with van der Waals surface area (Å²) in [6.07, 6.45) is 1.45. The molecule has 132 valence electrons. The molecule has 0 spiro atoms. The molecule has 3 aromatic rings. The van der Waals surface area contributed by atoms with Crippen molar-refractivity contribution in [3.8, 4) is 11.3 Å². The third-order valence-electron chi connectivity index (χ3n) is 3.29. The van der Waals surface area contributed by atoms with Gasteiger partial charge in [-0.05, 0) is 12.1 Å². The normalized spacial score (nSPS) is 11.0. The first kappa shape index (κ1) is 18.6. The number of halogens is 3. The molecule has 0 amide bonds. The maximum Gasteiger partial charge on any atom is 0.270 e. The topological polar surface area (TPSA) is 80.4 Å². The van der Waals surface area contributed by atoms with Crippen LogP contribution in [0.25, 0.3) is 11.3 Å². The van der Waals surface area contributed by atoms with E-state index in [1.807, 2.05) is 0 Å². The van der Waals surface area contributed by atoms with Crippen molar-refractivity contribution in [1.82, 2.24) is 4.98 Å². The monoisotopic (exact) mass is 426 g/mol. The summed E-state index contributed by atoms with van der Waals surface area (Å²) < 4.78 is 0. The van der Waals surface area contributed by atoms with E-state index in [1.54, 1.807) is 29.6 Å². The molecule has 0 atom stereocenters. The van der Waals surface area contributed by atoms with E-state index in [0.717, 1.165) is 0 Å². The van der Waals surface area contributed by atoms with Gasteiger partial charge < -0.3 is 0 Å². The zero-order chi connectivity index (χ0) is 18.7. The van der Waals surface area contributed by atoms with E-state index in [-0.39, 0.29) is 5.69 Å². The van der Waals surface area contributed by atoms with E-state index in [1.165, 1.54) is 29.7 Å². The average molecular weight is 428 g/mol. The molecule has 0 aliphatic carbocycles. The fraction of sp³-hybridized carbons (Fsp3) is 0. The van der Waals surface area contributed by atoms with Gasteiger partial charge in [0.2, 0.25) is 5.13 Å². The molecule has 0 aliphatic rings. The molecule has 0 unspecified atom stereocenters. The highest BCUT2D eigenvalue weighted by molar-refractivity contribution is 7.14. The second-order valence-electron chi connectivity index (χ2n) is 4.97. The Morgan fingerprint density at radius 3 is 2.73 bits per heavy atom. The van der Waals surface area contributed by atoms with Crippen molar-refractivity contribution in [2.45, 2.75) is 0 Å². The number of aromatic nitrogens is 1. The maximum atomic E-state index is 10.9. The highest BCUT2D eigenvalue weighted by atomic mass is 35.5. The Labute approximate surface area is 167 Å². The number of anilines is 1. The average Bonchev–Trinajstić information content (AvgIpc) is 3.10. The van der Waals surface area contributed by atoms with Crippen LogP contribution in [0.5, 0.6) is 0 Å².